The minimum atomic E-state index is -0.354. The number of fused-ring (bicyclic) bond motifs is 1. The van der Waals surface area contributed by atoms with Crippen LogP contribution in [0.25, 0.3) is 17.3 Å². The molecule has 6 heteroatoms. The van der Waals surface area contributed by atoms with Crippen molar-refractivity contribution in [3.05, 3.63) is 77.5 Å². The van der Waals surface area contributed by atoms with E-state index in [1.807, 2.05) is 30.5 Å². The molecule has 2 heterocycles. The van der Waals surface area contributed by atoms with Crippen LogP contribution in [-0.2, 0) is 11.3 Å². The number of aromatic nitrogens is 2. The Bertz CT molecular complexity index is 995. The molecular weight excluding hydrogens is 345 g/mol. The molecule has 27 heavy (non-hydrogen) atoms. The van der Waals surface area contributed by atoms with Gasteiger partial charge in [-0.25, -0.2) is 9.37 Å². The highest BCUT2D eigenvalue weighted by atomic mass is 19.1. The van der Waals surface area contributed by atoms with Gasteiger partial charge in [-0.15, -0.1) is 0 Å². The predicted molar refractivity (Wildman–Crippen MR) is 100 cm³/mol. The number of H-pyrrole nitrogens is 1. The van der Waals surface area contributed by atoms with Crippen molar-refractivity contribution >= 4 is 12.0 Å². The van der Waals surface area contributed by atoms with Crippen LogP contribution in [0.15, 0.2) is 60.6 Å². The van der Waals surface area contributed by atoms with Crippen LogP contribution in [0.4, 0.5) is 4.39 Å². The van der Waals surface area contributed by atoms with E-state index in [9.17, 15) is 9.18 Å². The van der Waals surface area contributed by atoms with Crippen molar-refractivity contribution in [1.29, 1.82) is 0 Å². The Kier molecular flexibility index (Phi) is 4.46. The van der Waals surface area contributed by atoms with E-state index in [0.29, 0.717) is 23.4 Å². The predicted octanol–water partition coefficient (Wildman–Crippen LogP) is 3.65. The van der Waals surface area contributed by atoms with Gasteiger partial charge in [0.1, 0.15) is 18.2 Å². The van der Waals surface area contributed by atoms with Crippen LogP contribution in [0.2, 0.25) is 0 Å². The van der Waals surface area contributed by atoms with E-state index in [0.717, 1.165) is 16.8 Å². The zero-order chi connectivity index (χ0) is 18.8. The largest absolute Gasteiger partial charge is 0.488 e. The van der Waals surface area contributed by atoms with Crippen molar-refractivity contribution in [1.82, 2.24) is 14.9 Å². The molecule has 5 nitrogen and oxygen atoms in total. The first-order chi connectivity index (χ1) is 13.1. The molecule has 4 rings (SSSR count). The monoisotopic (exact) mass is 363 g/mol. The topological polar surface area (TPSA) is 58.2 Å². The van der Waals surface area contributed by atoms with Gasteiger partial charge in [-0.2, -0.15) is 0 Å². The summed E-state index contributed by atoms with van der Waals surface area (Å²) in [6.45, 7) is 0.646. The minimum absolute atomic E-state index is 0.138. The number of carbonyl (C=O) groups excluding carboxylic acids is 1. The van der Waals surface area contributed by atoms with Gasteiger partial charge in [0.15, 0.2) is 0 Å². The van der Waals surface area contributed by atoms with Crippen LogP contribution in [0.3, 0.4) is 0 Å². The number of likely N-dealkylation sites (N-methyl/N-ethyl adjacent to an activating group) is 1. The van der Waals surface area contributed by atoms with Gasteiger partial charge in [-0.3, -0.25) is 4.79 Å². The van der Waals surface area contributed by atoms with Crippen LogP contribution in [0.1, 0.15) is 11.1 Å². The van der Waals surface area contributed by atoms with Crippen molar-refractivity contribution in [2.45, 2.75) is 6.54 Å². The molecular formula is C21H18FN3O2. The lowest BCUT2D eigenvalue weighted by Gasteiger charge is -2.22. The Morgan fingerprint density at radius 1 is 1.26 bits per heavy atom. The first kappa shape index (κ1) is 17.0. The lowest BCUT2D eigenvalue weighted by Crippen LogP contribution is -2.30. The fourth-order valence-electron chi connectivity index (χ4n) is 3.06. The van der Waals surface area contributed by atoms with Gasteiger partial charge in [0.25, 0.3) is 5.91 Å². The lowest BCUT2D eigenvalue weighted by molar-refractivity contribution is -0.126. The third-order valence-corrected chi connectivity index (χ3v) is 4.47. The summed E-state index contributed by atoms with van der Waals surface area (Å²) in [5.41, 5.74) is 3.98. The molecule has 1 N–H and O–H groups in total. The fourth-order valence-corrected chi connectivity index (χ4v) is 3.06. The number of aromatic amines is 1. The second-order valence-corrected chi connectivity index (χ2v) is 6.45. The maximum atomic E-state index is 13.4. The van der Waals surface area contributed by atoms with Crippen LogP contribution in [0.5, 0.6) is 5.75 Å². The molecule has 1 aliphatic rings. The summed E-state index contributed by atoms with van der Waals surface area (Å²) in [6, 6.07) is 12.2. The highest BCUT2D eigenvalue weighted by Gasteiger charge is 2.20. The van der Waals surface area contributed by atoms with Crippen molar-refractivity contribution < 1.29 is 13.9 Å². The molecule has 0 spiro atoms. The first-order valence-electron chi connectivity index (χ1n) is 8.56. The third-order valence-electron chi connectivity index (χ3n) is 4.47. The van der Waals surface area contributed by atoms with E-state index in [2.05, 4.69) is 9.97 Å². The minimum Gasteiger partial charge on any atom is -0.488 e. The molecule has 0 atom stereocenters. The Morgan fingerprint density at radius 2 is 2.07 bits per heavy atom. The molecule has 1 aromatic heterocycles. The lowest BCUT2D eigenvalue weighted by atomic mass is 10.1. The number of hydrogen-bond donors (Lipinski definition) is 1. The van der Waals surface area contributed by atoms with Gasteiger partial charge in [-0.1, -0.05) is 24.3 Å². The Hall–Kier alpha value is -3.41. The number of imidazole rings is 1. The van der Waals surface area contributed by atoms with Crippen LogP contribution in [-0.4, -0.2) is 34.4 Å². The number of nitrogens with one attached hydrogen (secondary N) is 1. The molecule has 3 aromatic rings. The van der Waals surface area contributed by atoms with Gasteiger partial charge in [0, 0.05) is 30.9 Å². The van der Waals surface area contributed by atoms with Crippen LogP contribution >= 0.6 is 0 Å². The third kappa shape index (κ3) is 3.60. The summed E-state index contributed by atoms with van der Waals surface area (Å²) >= 11 is 0. The highest BCUT2D eigenvalue weighted by molar-refractivity contribution is 5.99. The molecule has 1 amide bonds. The molecule has 0 bridgehead atoms. The maximum Gasteiger partial charge on any atom is 0.253 e. The number of ether oxygens (including phenoxy) is 1. The number of nitrogens with zero attached hydrogens (tertiary/aromatic N) is 2. The number of halogens is 1. The zero-order valence-corrected chi connectivity index (χ0v) is 14.8. The Morgan fingerprint density at radius 3 is 2.81 bits per heavy atom. The highest BCUT2D eigenvalue weighted by Crippen LogP contribution is 2.27. The first-order valence-corrected chi connectivity index (χ1v) is 8.56. The molecule has 0 radical (unpaired) electrons. The van der Waals surface area contributed by atoms with E-state index in [-0.39, 0.29) is 18.3 Å². The number of hydrogen-bond acceptors (Lipinski definition) is 3. The standard InChI is InChI=1S/C21H18FN3O2/c1-25(11-14-2-4-15(5-3-14)19-10-23-13-24-19)21(26)17-8-16-9-18(22)6-7-20(16)27-12-17/h2-10,13H,11-12H2,1H3,(H,23,24). The Balaban J connectivity index is 1.47. The van der Waals surface area contributed by atoms with Crippen LogP contribution < -0.4 is 4.74 Å². The molecule has 1 aliphatic heterocycles. The molecule has 0 fully saturated rings. The Labute approximate surface area is 156 Å². The van der Waals surface area contributed by atoms with E-state index in [1.54, 1.807) is 30.4 Å². The molecule has 2 aromatic carbocycles. The van der Waals surface area contributed by atoms with E-state index >= 15 is 0 Å². The summed E-state index contributed by atoms with van der Waals surface area (Å²) < 4.78 is 19.0. The molecule has 136 valence electrons. The van der Waals surface area contributed by atoms with E-state index in [1.165, 1.54) is 12.1 Å². The SMILES string of the molecule is CN(Cc1ccc(-c2c[nH]cn2)cc1)C(=O)C1=Cc2cc(F)ccc2OC1. The normalized spacial score (nSPS) is 12.7. The van der Waals surface area contributed by atoms with Crippen LogP contribution in [0, 0.1) is 5.82 Å². The van der Waals surface area contributed by atoms with Crippen molar-refractivity contribution in [2.75, 3.05) is 13.7 Å². The van der Waals surface area contributed by atoms with Gasteiger partial charge < -0.3 is 14.6 Å². The summed E-state index contributed by atoms with van der Waals surface area (Å²) in [5, 5.41) is 0. The fraction of sp³-hybridized carbons (Fsp3) is 0.143. The van der Waals surface area contributed by atoms with Gasteiger partial charge >= 0.3 is 0 Å². The maximum absolute atomic E-state index is 13.4. The van der Waals surface area contributed by atoms with Gasteiger partial charge in [0.2, 0.25) is 0 Å². The molecule has 0 saturated carbocycles. The van der Waals surface area contributed by atoms with Crippen molar-refractivity contribution in [2.24, 2.45) is 0 Å². The second kappa shape index (κ2) is 7.07. The number of rotatable bonds is 4. The van der Waals surface area contributed by atoms with E-state index < -0.39 is 0 Å². The molecule has 0 aliphatic carbocycles. The quantitative estimate of drug-likeness (QED) is 0.770. The van der Waals surface area contributed by atoms with Gasteiger partial charge in [0.05, 0.1) is 17.6 Å². The number of benzene rings is 2. The number of amides is 1. The average Bonchev–Trinajstić information content (AvgIpc) is 3.22. The van der Waals surface area contributed by atoms with E-state index in [4.69, 9.17) is 4.74 Å². The van der Waals surface area contributed by atoms with Gasteiger partial charge in [-0.05, 0) is 29.8 Å². The average molecular weight is 363 g/mol. The summed E-state index contributed by atoms with van der Waals surface area (Å²) in [6.07, 6.45) is 5.17. The van der Waals surface area contributed by atoms with Crippen molar-refractivity contribution in [3.63, 3.8) is 0 Å². The summed E-state index contributed by atoms with van der Waals surface area (Å²) in [4.78, 5) is 21.5. The number of carbonyl (C=O) groups is 1. The molecule has 0 saturated heterocycles. The zero-order valence-electron chi connectivity index (χ0n) is 14.8. The van der Waals surface area contributed by atoms with Crippen molar-refractivity contribution in [3.8, 4) is 17.0 Å². The summed E-state index contributed by atoms with van der Waals surface area (Å²) in [5.74, 6) is 0.0958. The summed E-state index contributed by atoms with van der Waals surface area (Å²) in [7, 11) is 1.74. The molecule has 0 unspecified atom stereocenters. The second-order valence-electron chi connectivity index (χ2n) is 6.45. The smallest absolute Gasteiger partial charge is 0.253 e.